The van der Waals surface area contributed by atoms with Crippen LogP contribution < -0.4 is 5.73 Å². The van der Waals surface area contributed by atoms with E-state index in [-0.39, 0.29) is 12.0 Å². The number of rotatable bonds is 14. The van der Waals surface area contributed by atoms with Crippen LogP contribution in [-0.4, -0.2) is 23.6 Å². The first-order valence-corrected chi connectivity index (χ1v) is 10.1. The van der Waals surface area contributed by atoms with Crippen LogP contribution in [0.15, 0.2) is 12.2 Å². The maximum Gasteiger partial charge on any atom is 0.274 e. The fourth-order valence-corrected chi connectivity index (χ4v) is 3.46. The number of hydrogen-bond acceptors (Lipinski definition) is 3. The summed E-state index contributed by atoms with van der Waals surface area (Å²) in [5.74, 6) is -0.891. The lowest BCUT2D eigenvalue weighted by molar-refractivity contribution is -0.114. The largest absolute Gasteiger partial charge is 0.366 e. The van der Waals surface area contributed by atoms with Crippen LogP contribution in [0.4, 0.5) is 0 Å². The average molecular weight is 348 g/mol. The van der Waals surface area contributed by atoms with Gasteiger partial charge in [-0.05, 0) is 13.3 Å². The molecule has 0 spiro atoms. The molecule has 0 saturated heterocycles. The second-order valence-corrected chi connectivity index (χ2v) is 8.33. The SMILES string of the molecule is C=C(C(N)=O)C(C)(CCCCCCCCCCCC)S(=O)(=O)O. The van der Waals surface area contributed by atoms with Crippen LogP contribution in [0.3, 0.4) is 0 Å². The van der Waals surface area contributed by atoms with Gasteiger partial charge >= 0.3 is 0 Å². The van der Waals surface area contributed by atoms with Gasteiger partial charge in [-0.2, -0.15) is 8.42 Å². The number of amides is 1. The molecular weight excluding hydrogens is 314 g/mol. The quantitative estimate of drug-likeness (QED) is 0.282. The molecule has 3 N–H and O–H groups in total. The molecule has 6 heteroatoms. The molecule has 0 aromatic carbocycles. The lowest BCUT2D eigenvalue weighted by Crippen LogP contribution is -2.41. The first kappa shape index (κ1) is 22.1. The van der Waals surface area contributed by atoms with Crippen molar-refractivity contribution in [1.82, 2.24) is 0 Å². The number of carbonyl (C=O) groups is 1. The van der Waals surface area contributed by atoms with Crippen LogP contribution in [0.5, 0.6) is 0 Å². The van der Waals surface area contributed by atoms with Crippen LogP contribution in [-0.2, 0) is 14.9 Å². The van der Waals surface area contributed by atoms with E-state index >= 15 is 0 Å². The summed E-state index contributed by atoms with van der Waals surface area (Å²) in [6, 6.07) is 0. The molecular formula is C17H33NO4S. The highest BCUT2D eigenvalue weighted by Gasteiger charge is 2.42. The Kier molecular flexibility index (Phi) is 10.4. The number of nitrogens with two attached hydrogens (primary N) is 1. The summed E-state index contributed by atoms with van der Waals surface area (Å²) in [7, 11) is -4.42. The molecule has 0 aliphatic carbocycles. The number of unbranched alkanes of at least 4 members (excludes halogenated alkanes) is 9. The van der Waals surface area contributed by atoms with Crippen molar-refractivity contribution in [3.63, 3.8) is 0 Å². The molecule has 0 aliphatic heterocycles. The monoisotopic (exact) mass is 347 g/mol. The van der Waals surface area contributed by atoms with Gasteiger partial charge in [0.1, 0.15) is 4.75 Å². The van der Waals surface area contributed by atoms with E-state index in [1.807, 2.05) is 0 Å². The van der Waals surface area contributed by atoms with Crippen LogP contribution in [0.2, 0.25) is 0 Å². The predicted molar refractivity (Wildman–Crippen MR) is 94.7 cm³/mol. The van der Waals surface area contributed by atoms with Gasteiger partial charge in [-0.1, -0.05) is 77.7 Å². The minimum Gasteiger partial charge on any atom is -0.366 e. The molecule has 0 aliphatic rings. The van der Waals surface area contributed by atoms with E-state index < -0.39 is 20.8 Å². The number of carbonyl (C=O) groups excluding carboxylic acids is 1. The van der Waals surface area contributed by atoms with E-state index in [0.29, 0.717) is 6.42 Å². The standard InChI is InChI=1S/C17H33NO4S/c1-4-5-6-7-8-9-10-11-12-13-14-17(3,23(20,21)22)15(2)16(18)19/h2,4-14H2,1,3H3,(H2,18,19)(H,20,21,22). The van der Waals surface area contributed by atoms with E-state index in [1.54, 1.807) is 0 Å². The summed E-state index contributed by atoms with van der Waals surface area (Å²) >= 11 is 0. The minimum absolute atomic E-state index is 0.157. The average Bonchev–Trinajstić information content (AvgIpc) is 2.46. The van der Waals surface area contributed by atoms with E-state index in [2.05, 4.69) is 13.5 Å². The molecule has 0 heterocycles. The molecule has 0 rings (SSSR count). The lowest BCUT2D eigenvalue weighted by atomic mass is 9.94. The maximum atomic E-state index is 11.6. The van der Waals surface area contributed by atoms with E-state index in [1.165, 1.54) is 45.4 Å². The molecule has 0 fully saturated rings. The highest BCUT2D eigenvalue weighted by Crippen LogP contribution is 2.30. The van der Waals surface area contributed by atoms with Crippen molar-refractivity contribution in [3.05, 3.63) is 12.2 Å². The predicted octanol–water partition coefficient (Wildman–Crippen LogP) is 3.99. The Morgan fingerprint density at radius 3 is 1.74 bits per heavy atom. The highest BCUT2D eigenvalue weighted by atomic mass is 32.2. The fourth-order valence-electron chi connectivity index (χ4n) is 2.65. The van der Waals surface area contributed by atoms with Gasteiger partial charge in [0, 0.05) is 5.57 Å². The third-order valence-corrected chi connectivity index (χ3v) is 6.10. The van der Waals surface area contributed by atoms with E-state index in [0.717, 1.165) is 19.3 Å². The molecule has 136 valence electrons. The Morgan fingerprint density at radius 2 is 1.39 bits per heavy atom. The fraction of sp³-hybridized carbons (Fsp3) is 0.824. The van der Waals surface area contributed by atoms with Gasteiger partial charge < -0.3 is 5.73 Å². The Balaban J connectivity index is 4.08. The molecule has 0 aromatic heterocycles. The van der Waals surface area contributed by atoms with Gasteiger partial charge in [0.2, 0.25) is 5.91 Å². The van der Waals surface area contributed by atoms with Crippen LogP contribution >= 0.6 is 0 Å². The Bertz CT molecular complexity index is 473. The third kappa shape index (κ3) is 7.97. The van der Waals surface area contributed by atoms with Gasteiger partial charge in [-0.25, -0.2) is 0 Å². The summed E-state index contributed by atoms with van der Waals surface area (Å²) in [4.78, 5) is 11.2. The van der Waals surface area contributed by atoms with Crippen molar-refractivity contribution in [2.24, 2.45) is 5.73 Å². The second kappa shape index (κ2) is 10.8. The molecule has 1 unspecified atom stereocenters. The number of primary amides is 1. The molecule has 5 nitrogen and oxygen atoms in total. The summed E-state index contributed by atoms with van der Waals surface area (Å²) in [5.41, 5.74) is 4.87. The minimum atomic E-state index is -4.42. The van der Waals surface area contributed by atoms with Crippen molar-refractivity contribution >= 4 is 16.0 Å². The normalized spacial score (nSPS) is 14.4. The summed E-state index contributed by atoms with van der Waals surface area (Å²) < 4.78 is 30.9. The van der Waals surface area contributed by atoms with Crippen LogP contribution in [0.1, 0.15) is 84.5 Å². The molecule has 0 saturated carbocycles. The van der Waals surface area contributed by atoms with Gasteiger partial charge in [0.05, 0.1) is 0 Å². The second-order valence-electron chi connectivity index (χ2n) is 6.48. The van der Waals surface area contributed by atoms with Crippen molar-refractivity contribution in [2.45, 2.75) is 89.2 Å². The Hall–Kier alpha value is -0.880. The van der Waals surface area contributed by atoms with Crippen LogP contribution in [0.25, 0.3) is 0 Å². The van der Waals surface area contributed by atoms with Gasteiger partial charge in [-0.15, -0.1) is 0 Å². The Morgan fingerprint density at radius 1 is 1.00 bits per heavy atom. The zero-order valence-corrected chi connectivity index (χ0v) is 15.5. The highest BCUT2D eigenvalue weighted by molar-refractivity contribution is 7.87. The zero-order valence-electron chi connectivity index (χ0n) is 14.6. The Labute approximate surface area is 141 Å². The first-order chi connectivity index (χ1) is 10.7. The molecule has 1 amide bonds. The van der Waals surface area contributed by atoms with Crippen molar-refractivity contribution in [1.29, 1.82) is 0 Å². The topological polar surface area (TPSA) is 97.5 Å². The summed E-state index contributed by atoms with van der Waals surface area (Å²) in [6.45, 7) is 6.95. The zero-order chi connectivity index (χ0) is 17.9. The first-order valence-electron chi connectivity index (χ1n) is 8.63. The van der Waals surface area contributed by atoms with Crippen molar-refractivity contribution in [2.75, 3.05) is 0 Å². The molecule has 23 heavy (non-hydrogen) atoms. The van der Waals surface area contributed by atoms with Gasteiger partial charge in [-0.3, -0.25) is 9.35 Å². The lowest BCUT2D eigenvalue weighted by Gasteiger charge is -2.26. The van der Waals surface area contributed by atoms with Crippen molar-refractivity contribution < 1.29 is 17.8 Å². The molecule has 1 atom stereocenters. The molecule has 0 bridgehead atoms. The third-order valence-electron chi connectivity index (χ3n) is 4.51. The van der Waals surface area contributed by atoms with Crippen LogP contribution in [0, 0.1) is 0 Å². The molecule has 0 radical (unpaired) electrons. The summed E-state index contributed by atoms with van der Waals surface area (Å²) in [5, 5.41) is 0. The van der Waals surface area contributed by atoms with E-state index in [9.17, 15) is 17.8 Å². The van der Waals surface area contributed by atoms with Gasteiger partial charge in [0.25, 0.3) is 10.1 Å². The van der Waals surface area contributed by atoms with Crippen molar-refractivity contribution in [3.8, 4) is 0 Å². The number of hydrogen-bond donors (Lipinski definition) is 2. The molecule has 0 aromatic rings. The van der Waals surface area contributed by atoms with Gasteiger partial charge in [0.15, 0.2) is 0 Å². The smallest absolute Gasteiger partial charge is 0.274 e. The van der Waals surface area contributed by atoms with E-state index in [4.69, 9.17) is 5.73 Å². The summed E-state index contributed by atoms with van der Waals surface area (Å²) in [6.07, 6.45) is 11.4. The maximum absolute atomic E-state index is 11.6.